The van der Waals surface area contributed by atoms with Gasteiger partial charge in [0.15, 0.2) is 5.11 Å². The average molecular weight is 410 g/mol. The zero-order valence-corrected chi connectivity index (χ0v) is 18.1. The van der Waals surface area contributed by atoms with Crippen LogP contribution in [0.4, 0.5) is 11.5 Å². The summed E-state index contributed by atoms with van der Waals surface area (Å²) < 4.78 is 0. The molecule has 3 N–H and O–H groups in total. The van der Waals surface area contributed by atoms with Crippen molar-refractivity contribution in [3.63, 3.8) is 0 Å². The lowest BCUT2D eigenvalue weighted by Crippen LogP contribution is -2.45. The molecule has 3 rings (SSSR count). The number of hydrogen-bond donors (Lipinski definition) is 3. The van der Waals surface area contributed by atoms with Crippen LogP contribution in [0, 0.1) is 6.92 Å². The molecular weight excluding hydrogens is 382 g/mol. The Hall–Kier alpha value is -2.93. The van der Waals surface area contributed by atoms with E-state index >= 15 is 0 Å². The van der Waals surface area contributed by atoms with Crippen LogP contribution in [0.1, 0.15) is 38.1 Å². The van der Waals surface area contributed by atoms with E-state index < -0.39 is 0 Å². The topological polar surface area (TPSA) is 69.3 Å². The number of hydrogen-bond acceptors (Lipinski definition) is 4. The van der Waals surface area contributed by atoms with E-state index in [1.54, 1.807) is 6.07 Å². The minimum absolute atomic E-state index is 0.207. The minimum atomic E-state index is -0.334. The van der Waals surface area contributed by atoms with E-state index in [0.29, 0.717) is 16.5 Å². The molecule has 1 aromatic carbocycles. The molecule has 1 aromatic heterocycles. The average Bonchev–Trinajstić information content (AvgIpc) is 2.68. The molecule has 6 nitrogen and oxygen atoms in total. The number of nitrogens with one attached hydrogen (secondary N) is 3. The van der Waals surface area contributed by atoms with Crippen molar-refractivity contribution >= 4 is 34.7 Å². The molecule has 7 heteroatoms. The van der Waals surface area contributed by atoms with Crippen LogP contribution in [0.15, 0.2) is 53.7 Å². The number of benzene rings is 1. The fourth-order valence-electron chi connectivity index (χ4n) is 3.51. The Balaban J connectivity index is 1.90. The van der Waals surface area contributed by atoms with Crippen LogP contribution in [0.25, 0.3) is 0 Å². The van der Waals surface area contributed by atoms with Crippen molar-refractivity contribution in [1.82, 2.24) is 15.6 Å². The maximum atomic E-state index is 13.1. The molecule has 2 heterocycles. The zero-order valence-electron chi connectivity index (χ0n) is 17.2. The first kappa shape index (κ1) is 20.8. The Kier molecular flexibility index (Phi) is 6.49. The first-order chi connectivity index (χ1) is 13.9. The molecule has 0 radical (unpaired) electrons. The highest BCUT2D eigenvalue weighted by Crippen LogP contribution is 2.29. The number of carbonyl (C=O) groups is 1. The van der Waals surface area contributed by atoms with Gasteiger partial charge in [0.25, 0.3) is 5.91 Å². The van der Waals surface area contributed by atoms with Crippen LogP contribution in [-0.2, 0) is 4.79 Å². The van der Waals surface area contributed by atoms with Gasteiger partial charge in [-0.1, -0.05) is 18.2 Å². The molecule has 1 atom stereocenters. The molecule has 0 saturated heterocycles. The highest BCUT2D eigenvalue weighted by atomic mass is 32.1. The molecule has 1 aliphatic rings. The van der Waals surface area contributed by atoms with E-state index in [4.69, 9.17) is 12.2 Å². The van der Waals surface area contributed by atoms with Gasteiger partial charge in [-0.25, -0.2) is 4.98 Å². The van der Waals surface area contributed by atoms with Crippen molar-refractivity contribution in [3.05, 3.63) is 65.0 Å². The second-order valence-electron chi connectivity index (χ2n) is 6.95. The number of pyridine rings is 1. The summed E-state index contributed by atoms with van der Waals surface area (Å²) in [6.45, 7) is 9.92. The number of anilines is 2. The Labute approximate surface area is 177 Å². The van der Waals surface area contributed by atoms with Crippen LogP contribution < -0.4 is 20.9 Å². The van der Waals surface area contributed by atoms with Crippen molar-refractivity contribution < 1.29 is 4.79 Å². The lowest BCUT2D eigenvalue weighted by Gasteiger charge is -2.30. The van der Waals surface area contributed by atoms with Gasteiger partial charge in [-0.05, 0) is 69.7 Å². The number of aryl methyl sites for hydroxylation is 1. The third kappa shape index (κ3) is 4.74. The van der Waals surface area contributed by atoms with Crippen LogP contribution in [0.3, 0.4) is 0 Å². The monoisotopic (exact) mass is 409 g/mol. The van der Waals surface area contributed by atoms with Gasteiger partial charge in [-0.3, -0.25) is 4.79 Å². The largest absolute Gasteiger partial charge is 0.372 e. The molecule has 2 aromatic rings. The maximum Gasteiger partial charge on any atom is 0.256 e. The molecule has 0 aliphatic carbocycles. The number of amides is 1. The predicted molar refractivity (Wildman–Crippen MR) is 122 cm³/mol. The number of rotatable bonds is 6. The Morgan fingerprint density at radius 3 is 2.45 bits per heavy atom. The van der Waals surface area contributed by atoms with E-state index in [0.717, 1.165) is 35.7 Å². The third-order valence-electron chi connectivity index (χ3n) is 5.00. The van der Waals surface area contributed by atoms with Gasteiger partial charge in [0, 0.05) is 30.2 Å². The Morgan fingerprint density at radius 2 is 1.83 bits per heavy atom. The standard InChI is InChI=1S/C22H27N5OS/c1-5-27(6-2)17-12-10-16(11-13-17)20-19(15(4)24-22(29)26-20)21(28)25-18-9-7-8-14(3)23-18/h7-13,20H,5-6H2,1-4H3,(H,23,25,28)(H2,24,26,29). The normalized spacial score (nSPS) is 16.1. The Bertz CT molecular complexity index is 934. The van der Waals surface area contributed by atoms with Gasteiger partial charge in [0.2, 0.25) is 0 Å². The van der Waals surface area contributed by atoms with E-state index in [1.807, 2.05) is 38.1 Å². The van der Waals surface area contributed by atoms with Gasteiger partial charge in [0.1, 0.15) is 5.82 Å². The second-order valence-corrected chi connectivity index (χ2v) is 7.36. The van der Waals surface area contributed by atoms with Gasteiger partial charge >= 0.3 is 0 Å². The molecule has 0 fully saturated rings. The number of aromatic nitrogens is 1. The lowest BCUT2D eigenvalue weighted by molar-refractivity contribution is -0.113. The molecule has 1 amide bonds. The number of thiocarbonyl (C=S) groups is 1. The van der Waals surface area contributed by atoms with Gasteiger partial charge in [0.05, 0.1) is 11.6 Å². The second kappa shape index (κ2) is 9.05. The van der Waals surface area contributed by atoms with Crippen LogP contribution in [-0.4, -0.2) is 29.1 Å². The summed E-state index contributed by atoms with van der Waals surface area (Å²) in [6.07, 6.45) is 0. The first-order valence-corrected chi connectivity index (χ1v) is 10.2. The van der Waals surface area contributed by atoms with Crippen LogP contribution in [0.5, 0.6) is 0 Å². The fourth-order valence-corrected chi connectivity index (χ4v) is 3.78. The van der Waals surface area contributed by atoms with Gasteiger partial charge in [-0.15, -0.1) is 0 Å². The van der Waals surface area contributed by atoms with Gasteiger partial charge in [-0.2, -0.15) is 0 Å². The zero-order chi connectivity index (χ0) is 21.0. The van der Waals surface area contributed by atoms with Crippen LogP contribution in [0.2, 0.25) is 0 Å². The molecule has 152 valence electrons. The third-order valence-corrected chi connectivity index (χ3v) is 5.22. The van der Waals surface area contributed by atoms with Crippen LogP contribution >= 0.6 is 12.2 Å². The van der Waals surface area contributed by atoms with E-state index in [9.17, 15) is 4.79 Å². The Morgan fingerprint density at radius 1 is 1.14 bits per heavy atom. The number of nitrogens with zero attached hydrogens (tertiary/aromatic N) is 2. The van der Waals surface area contributed by atoms with Gasteiger partial charge < -0.3 is 20.9 Å². The first-order valence-electron chi connectivity index (χ1n) is 9.81. The smallest absolute Gasteiger partial charge is 0.256 e. The molecule has 0 spiro atoms. The lowest BCUT2D eigenvalue weighted by atomic mass is 9.94. The van der Waals surface area contributed by atoms with Crippen molar-refractivity contribution in [3.8, 4) is 0 Å². The maximum absolute atomic E-state index is 13.1. The number of carbonyl (C=O) groups excluding carboxylic acids is 1. The molecule has 1 aliphatic heterocycles. The van der Waals surface area contributed by atoms with Crippen molar-refractivity contribution in [2.75, 3.05) is 23.3 Å². The summed E-state index contributed by atoms with van der Waals surface area (Å²) in [7, 11) is 0. The summed E-state index contributed by atoms with van der Waals surface area (Å²) in [5, 5.41) is 9.71. The summed E-state index contributed by atoms with van der Waals surface area (Å²) >= 11 is 5.34. The molecule has 29 heavy (non-hydrogen) atoms. The summed E-state index contributed by atoms with van der Waals surface area (Å²) in [4.78, 5) is 19.8. The highest BCUT2D eigenvalue weighted by molar-refractivity contribution is 7.80. The molecular formula is C22H27N5OS. The van der Waals surface area contributed by atoms with Crippen molar-refractivity contribution in [2.45, 2.75) is 33.7 Å². The number of allylic oxidation sites excluding steroid dienone is 1. The van der Waals surface area contributed by atoms with Crippen molar-refractivity contribution in [2.24, 2.45) is 0 Å². The minimum Gasteiger partial charge on any atom is -0.372 e. The molecule has 1 unspecified atom stereocenters. The molecule has 0 saturated carbocycles. The highest BCUT2D eigenvalue weighted by Gasteiger charge is 2.30. The summed E-state index contributed by atoms with van der Waals surface area (Å²) in [6, 6.07) is 13.5. The van der Waals surface area contributed by atoms with Crippen molar-refractivity contribution in [1.29, 1.82) is 0 Å². The van der Waals surface area contributed by atoms with E-state index in [1.165, 1.54) is 0 Å². The van der Waals surface area contributed by atoms with E-state index in [2.05, 4.69) is 51.8 Å². The summed E-state index contributed by atoms with van der Waals surface area (Å²) in [5.74, 6) is 0.319. The SMILES string of the molecule is CCN(CC)c1ccc(C2NC(=S)NC(C)=C2C(=O)Nc2cccc(C)n2)cc1. The van der Waals surface area contributed by atoms with E-state index in [-0.39, 0.29) is 11.9 Å². The fraction of sp³-hybridized carbons (Fsp3) is 0.318. The molecule has 0 bridgehead atoms. The predicted octanol–water partition coefficient (Wildman–Crippen LogP) is 3.67. The summed E-state index contributed by atoms with van der Waals surface area (Å²) in [5.41, 5.74) is 4.31. The quantitative estimate of drug-likeness (QED) is 0.633.